The zero-order valence-electron chi connectivity index (χ0n) is 10.5. The van der Waals surface area contributed by atoms with Crippen molar-refractivity contribution < 1.29 is 8.42 Å². The predicted octanol–water partition coefficient (Wildman–Crippen LogP) is 0.216. The maximum Gasteiger partial charge on any atom is 0.244 e. The van der Waals surface area contributed by atoms with Gasteiger partial charge in [0.25, 0.3) is 0 Å². The Morgan fingerprint density at radius 2 is 2.06 bits per heavy atom. The molecule has 7 heteroatoms. The van der Waals surface area contributed by atoms with E-state index in [0.717, 1.165) is 0 Å². The molecule has 0 saturated carbocycles. The van der Waals surface area contributed by atoms with E-state index in [4.69, 9.17) is 5.73 Å². The summed E-state index contributed by atoms with van der Waals surface area (Å²) in [5, 5.41) is 3.86. The van der Waals surface area contributed by atoms with Crippen molar-refractivity contribution in [2.24, 2.45) is 12.8 Å². The van der Waals surface area contributed by atoms with Gasteiger partial charge in [0.2, 0.25) is 10.0 Å². The minimum atomic E-state index is -3.55. The normalized spacial score (nSPS) is 12.9. The van der Waals surface area contributed by atoms with Gasteiger partial charge in [0.15, 0.2) is 0 Å². The first-order valence-electron chi connectivity index (χ1n) is 5.62. The highest BCUT2D eigenvalue weighted by Gasteiger charge is 2.31. The van der Waals surface area contributed by atoms with Crippen molar-refractivity contribution >= 4 is 10.0 Å². The topological polar surface area (TPSA) is 90.0 Å². The highest BCUT2D eigenvalue weighted by atomic mass is 32.2. The number of rotatable bonds is 6. The Bertz CT molecular complexity index is 454. The van der Waals surface area contributed by atoms with Crippen LogP contribution in [0.2, 0.25) is 0 Å². The molecule has 0 aliphatic heterocycles. The molecule has 0 bridgehead atoms. The molecule has 3 N–H and O–H groups in total. The molecule has 0 unspecified atom stereocenters. The number of hydrogen-bond acceptors (Lipinski definition) is 4. The fourth-order valence-corrected chi connectivity index (χ4v) is 3.14. The highest BCUT2D eigenvalue weighted by molar-refractivity contribution is 7.89. The van der Waals surface area contributed by atoms with E-state index >= 15 is 0 Å². The Hall–Kier alpha value is -0.920. The van der Waals surface area contributed by atoms with Crippen LogP contribution in [-0.2, 0) is 17.1 Å². The van der Waals surface area contributed by atoms with Crippen LogP contribution in [0.25, 0.3) is 0 Å². The van der Waals surface area contributed by atoms with Crippen molar-refractivity contribution in [3.63, 3.8) is 0 Å². The molecule has 0 spiro atoms. The smallest absolute Gasteiger partial charge is 0.244 e. The largest absolute Gasteiger partial charge is 0.329 e. The van der Waals surface area contributed by atoms with Crippen LogP contribution in [0.4, 0.5) is 0 Å². The van der Waals surface area contributed by atoms with Crippen molar-refractivity contribution in [1.29, 1.82) is 0 Å². The molecule has 1 aromatic rings. The summed E-state index contributed by atoms with van der Waals surface area (Å²) in [7, 11) is -1.87. The average molecular weight is 260 g/mol. The zero-order valence-corrected chi connectivity index (χ0v) is 11.3. The second kappa shape index (κ2) is 5.16. The third-order valence-corrected chi connectivity index (χ3v) is 4.62. The number of hydrogen-bond donors (Lipinski definition) is 2. The number of nitrogens with one attached hydrogen (secondary N) is 1. The molecule has 6 nitrogen and oxygen atoms in total. The molecule has 0 radical (unpaired) electrons. The maximum absolute atomic E-state index is 12.1. The van der Waals surface area contributed by atoms with Gasteiger partial charge in [0, 0.05) is 25.3 Å². The number of nitrogens with zero attached hydrogens (tertiary/aromatic N) is 2. The summed E-state index contributed by atoms with van der Waals surface area (Å²) in [5.74, 6) is 0. The average Bonchev–Trinajstić information content (AvgIpc) is 2.74. The fraction of sp³-hybridized carbons (Fsp3) is 0.700. The lowest BCUT2D eigenvalue weighted by atomic mass is 9.95. The van der Waals surface area contributed by atoms with Crippen LogP contribution in [0.5, 0.6) is 0 Å². The molecule has 0 aliphatic carbocycles. The second-order valence-electron chi connectivity index (χ2n) is 4.15. The van der Waals surface area contributed by atoms with Crippen LogP contribution in [-0.4, -0.2) is 30.3 Å². The van der Waals surface area contributed by atoms with Crippen LogP contribution in [0.3, 0.4) is 0 Å². The number of nitrogens with two attached hydrogens (primary N) is 1. The first kappa shape index (κ1) is 14.1. The highest BCUT2D eigenvalue weighted by Crippen LogP contribution is 2.18. The Balaban J connectivity index is 3.00. The summed E-state index contributed by atoms with van der Waals surface area (Å²) in [6, 6.07) is 0. The van der Waals surface area contributed by atoms with E-state index in [9.17, 15) is 8.42 Å². The van der Waals surface area contributed by atoms with E-state index in [-0.39, 0.29) is 11.4 Å². The molecule has 0 fully saturated rings. The van der Waals surface area contributed by atoms with Crippen LogP contribution < -0.4 is 10.5 Å². The minimum Gasteiger partial charge on any atom is -0.329 e. The van der Waals surface area contributed by atoms with Crippen LogP contribution in [0.1, 0.15) is 26.7 Å². The van der Waals surface area contributed by atoms with Crippen molar-refractivity contribution in [2.45, 2.75) is 37.1 Å². The number of sulfonamides is 1. The van der Waals surface area contributed by atoms with Gasteiger partial charge in [-0.1, -0.05) is 13.8 Å². The van der Waals surface area contributed by atoms with Gasteiger partial charge in [0.1, 0.15) is 4.90 Å². The minimum absolute atomic E-state index is 0.166. The van der Waals surface area contributed by atoms with Gasteiger partial charge < -0.3 is 5.73 Å². The summed E-state index contributed by atoms with van der Waals surface area (Å²) in [4.78, 5) is 0.166. The van der Waals surface area contributed by atoms with Crippen LogP contribution >= 0.6 is 0 Å². The molecular formula is C10H20N4O2S. The Morgan fingerprint density at radius 3 is 2.41 bits per heavy atom. The van der Waals surface area contributed by atoms with E-state index in [0.29, 0.717) is 12.8 Å². The fourth-order valence-electron chi connectivity index (χ4n) is 1.61. The van der Waals surface area contributed by atoms with Crippen molar-refractivity contribution in [2.75, 3.05) is 6.54 Å². The first-order valence-corrected chi connectivity index (χ1v) is 7.10. The zero-order chi connectivity index (χ0) is 13.1. The van der Waals surface area contributed by atoms with Crippen LogP contribution in [0, 0.1) is 0 Å². The molecule has 17 heavy (non-hydrogen) atoms. The van der Waals surface area contributed by atoms with Crippen molar-refractivity contribution in [1.82, 2.24) is 14.5 Å². The molecule has 0 saturated heterocycles. The standard InChI is InChI=1S/C10H20N4O2S/c1-4-10(5-2,8-11)13-17(15,16)9-6-12-14(3)7-9/h6-7,13H,4-5,8,11H2,1-3H3. The summed E-state index contributed by atoms with van der Waals surface area (Å²) in [6.45, 7) is 4.11. The molecule has 0 atom stereocenters. The van der Waals surface area contributed by atoms with Gasteiger partial charge >= 0.3 is 0 Å². The molecule has 98 valence electrons. The molecule has 1 heterocycles. The molecular weight excluding hydrogens is 240 g/mol. The maximum atomic E-state index is 12.1. The van der Waals surface area contributed by atoms with Gasteiger partial charge in [-0.25, -0.2) is 13.1 Å². The lowest BCUT2D eigenvalue weighted by Gasteiger charge is -2.30. The van der Waals surface area contributed by atoms with Crippen molar-refractivity contribution in [3.05, 3.63) is 12.4 Å². The molecule has 0 aromatic carbocycles. The van der Waals surface area contributed by atoms with Gasteiger partial charge in [-0.05, 0) is 12.8 Å². The van der Waals surface area contributed by atoms with Crippen LogP contribution in [0.15, 0.2) is 17.3 Å². The van der Waals surface area contributed by atoms with Gasteiger partial charge in [-0.2, -0.15) is 5.10 Å². The third kappa shape index (κ3) is 3.05. The quantitative estimate of drug-likeness (QED) is 0.765. The molecule has 0 amide bonds. The van der Waals surface area contributed by atoms with Crippen molar-refractivity contribution in [3.8, 4) is 0 Å². The Kier molecular flexibility index (Phi) is 4.29. The molecule has 0 aliphatic rings. The van der Waals surface area contributed by atoms with E-state index in [1.54, 1.807) is 7.05 Å². The molecule has 1 aromatic heterocycles. The van der Waals surface area contributed by atoms with E-state index in [2.05, 4.69) is 9.82 Å². The van der Waals surface area contributed by atoms with E-state index < -0.39 is 15.6 Å². The third-order valence-electron chi connectivity index (χ3n) is 3.09. The SMILES string of the molecule is CCC(CC)(CN)NS(=O)(=O)c1cnn(C)c1. The summed E-state index contributed by atoms with van der Waals surface area (Å²) >= 11 is 0. The Morgan fingerprint density at radius 1 is 1.47 bits per heavy atom. The van der Waals surface area contributed by atoms with Gasteiger partial charge in [-0.15, -0.1) is 0 Å². The molecule has 1 rings (SSSR count). The second-order valence-corrected chi connectivity index (χ2v) is 5.83. The van der Waals surface area contributed by atoms with E-state index in [1.165, 1.54) is 17.1 Å². The van der Waals surface area contributed by atoms with Gasteiger partial charge in [-0.3, -0.25) is 4.68 Å². The number of aromatic nitrogens is 2. The Labute approximate surface area is 102 Å². The van der Waals surface area contributed by atoms with Gasteiger partial charge in [0.05, 0.1) is 6.20 Å². The monoisotopic (exact) mass is 260 g/mol. The predicted molar refractivity (Wildman–Crippen MR) is 65.9 cm³/mol. The lowest BCUT2D eigenvalue weighted by Crippen LogP contribution is -2.52. The summed E-state index contributed by atoms with van der Waals surface area (Å²) < 4.78 is 28.4. The van der Waals surface area contributed by atoms with E-state index in [1.807, 2.05) is 13.8 Å². The summed E-state index contributed by atoms with van der Waals surface area (Å²) in [5.41, 5.74) is 5.10. The lowest BCUT2D eigenvalue weighted by molar-refractivity contribution is 0.363. The first-order chi connectivity index (χ1) is 7.89. The number of aryl methyl sites for hydroxylation is 1. The summed E-state index contributed by atoms with van der Waals surface area (Å²) in [6.07, 6.45) is 4.10.